The molecule has 1 aliphatic carbocycles. The summed E-state index contributed by atoms with van der Waals surface area (Å²) in [5, 5.41) is 23.0. The minimum atomic E-state index is -4.47. The molecule has 0 atom stereocenters. The molecule has 2 fully saturated rings. The summed E-state index contributed by atoms with van der Waals surface area (Å²) in [4.78, 5) is 20.9. The van der Waals surface area contributed by atoms with E-state index in [-0.39, 0.29) is 42.4 Å². The number of hydrogen-bond acceptors (Lipinski definition) is 9. The quantitative estimate of drug-likeness (QED) is 0.179. The van der Waals surface area contributed by atoms with Gasteiger partial charge in [0, 0.05) is 42.5 Å². The molecule has 14 heteroatoms. The minimum Gasteiger partial charge on any atom is -0.386 e. The molecule has 0 bridgehead atoms. The van der Waals surface area contributed by atoms with Crippen molar-refractivity contribution < 1.29 is 26.9 Å². The maximum Gasteiger partial charge on any atom is 0.401 e. The summed E-state index contributed by atoms with van der Waals surface area (Å²) in [7, 11) is 0. The molecule has 2 aliphatic rings. The second kappa shape index (κ2) is 11.6. The van der Waals surface area contributed by atoms with Crippen LogP contribution < -0.4 is 21.3 Å². The van der Waals surface area contributed by atoms with Crippen molar-refractivity contribution in [3.63, 3.8) is 0 Å². The number of piperidine rings is 1. The first-order valence-corrected chi connectivity index (χ1v) is 13.1. The lowest BCUT2D eigenvalue weighted by Gasteiger charge is -2.23. The van der Waals surface area contributed by atoms with E-state index in [1.807, 2.05) is 0 Å². The molecule has 0 unspecified atom stereocenters. The first-order valence-electron chi connectivity index (χ1n) is 13.1. The van der Waals surface area contributed by atoms with E-state index in [0.717, 1.165) is 38.2 Å². The van der Waals surface area contributed by atoms with Crippen molar-refractivity contribution in [2.45, 2.75) is 49.7 Å². The third-order valence-electron chi connectivity index (χ3n) is 7.16. The highest BCUT2D eigenvalue weighted by atomic mass is 19.4. The first kappa shape index (κ1) is 28.2. The van der Waals surface area contributed by atoms with Crippen molar-refractivity contribution in [3.8, 4) is 11.1 Å². The van der Waals surface area contributed by atoms with E-state index in [1.165, 1.54) is 24.5 Å². The highest BCUT2D eigenvalue weighted by Crippen LogP contribution is 2.59. The van der Waals surface area contributed by atoms with Crippen LogP contribution in [-0.4, -0.2) is 52.6 Å². The summed E-state index contributed by atoms with van der Waals surface area (Å²) in [6, 6.07) is 5.68. The summed E-state index contributed by atoms with van der Waals surface area (Å²) in [6.45, 7) is 1.88. The number of rotatable bonds is 10. The number of anilines is 2. The standard InChI is InChI=1S/C27H28F4N8O2/c28-21-9-16(18-13-35-25(36-14-18)37-20(12-32)15-34-19-3-7-33-8-4-19)1-2-17(21)10-24(40)38-23-11-22(41-39-23)26(5-6-26)27(29,30)31/h1-2,9,11-15,19,32-34H,3-8,10H2,(H,35,36,37)(H,38,39,40)/b20-15+,32-12?. The van der Waals surface area contributed by atoms with Crippen molar-refractivity contribution >= 4 is 23.9 Å². The fraction of sp³-hybridized carbons (Fsp3) is 0.370. The molecule has 5 N–H and O–H groups in total. The van der Waals surface area contributed by atoms with Crippen LogP contribution in [0.25, 0.3) is 11.1 Å². The van der Waals surface area contributed by atoms with E-state index in [1.54, 1.807) is 12.3 Å². The largest absolute Gasteiger partial charge is 0.401 e. The maximum atomic E-state index is 14.8. The molecule has 1 amide bonds. The van der Waals surface area contributed by atoms with Gasteiger partial charge in [0.2, 0.25) is 11.9 Å². The molecule has 0 spiro atoms. The number of nitrogens with zero attached hydrogens (tertiary/aromatic N) is 3. The first-order chi connectivity index (χ1) is 19.7. The molecular weight excluding hydrogens is 544 g/mol. The van der Waals surface area contributed by atoms with Gasteiger partial charge in [0.25, 0.3) is 0 Å². The predicted molar refractivity (Wildman–Crippen MR) is 143 cm³/mol. The third kappa shape index (κ3) is 6.53. The van der Waals surface area contributed by atoms with E-state index in [0.29, 0.717) is 22.9 Å². The fourth-order valence-electron chi connectivity index (χ4n) is 4.57. The molecule has 1 aromatic carbocycles. The second-order valence-corrected chi connectivity index (χ2v) is 10.0. The maximum absolute atomic E-state index is 14.8. The molecule has 1 saturated carbocycles. The average molecular weight is 573 g/mol. The summed E-state index contributed by atoms with van der Waals surface area (Å²) < 4.78 is 59.5. The lowest BCUT2D eigenvalue weighted by Crippen LogP contribution is -2.38. The number of aromatic nitrogens is 3. The Balaban J connectivity index is 1.17. The van der Waals surface area contributed by atoms with E-state index in [2.05, 4.69) is 36.4 Å². The Morgan fingerprint density at radius 3 is 2.49 bits per heavy atom. The Morgan fingerprint density at radius 1 is 1.12 bits per heavy atom. The molecule has 1 aliphatic heterocycles. The van der Waals surface area contributed by atoms with Gasteiger partial charge in [0.1, 0.15) is 11.2 Å². The summed E-state index contributed by atoms with van der Waals surface area (Å²) in [5.41, 5.74) is -0.459. The lowest BCUT2D eigenvalue weighted by molar-refractivity contribution is -0.165. The van der Waals surface area contributed by atoms with Gasteiger partial charge in [-0.05, 0) is 56.0 Å². The van der Waals surface area contributed by atoms with Gasteiger partial charge < -0.3 is 31.2 Å². The summed E-state index contributed by atoms with van der Waals surface area (Å²) in [6.07, 6.45) is 2.84. The Bertz CT molecular complexity index is 1430. The van der Waals surface area contributed by atoms with Crippen LogP contribution in [0.4, 0.5) is 29.3 Å². The van der Waals surface area contributed by atoms with Gasteiger partial charge in [0.15, 0.2) is 11.6 Å². The van der Waals surface area contributed by atoms with Crippen LogP contribution in [0.15, 0.2) is 53.1 Å². The number of allylic oxidation sites excluding steroid dienone is 1. The van der Waals surface area contributed by atoms with Crippen LogP contribution in [0, 0.1) is 11.2 Å². The molecular formula is C27H28F4N8O2. The van der Waals surface area contributed by atoms with Gasteiger partial charge in [-0.1, -0.05) is 17.3 Å². The normalized spacial score (nSPS) is 17.1. The number of nitrogens with one attached hydrogen (secondary N) is 5. The van der Waals surface area contributed by atoms with E-state index < -0.39 is 23.3 Å². The number of alkyl halides is 3. The second-order valence-electron chi connectivity index (χ2n) is 10.0. The Kier molecular flexibility index (Phi) is 8.01. The van der Waals surface area contributed by atoms with Crippen LogP contribution in [-0.2, 0) is 16.6 Å². The zero-order chi connectivity index (χ0) is 29.0. The van der Waals surface area contributed by atoms with E-state index in [4.69, 9.17) is 9.93 Å². The Labute approximate surface area is 232 Å². The molecule has 216 valence electrons. The van der Waals surface area contributed by atoms with Gasteiger partial charge in [-0.2, -0.15) is 13.2 Å². The lowest BCUT2D eigenvalue weighted by atomic mass is 10.0. The van der Waals surface area contributed by atoms with Crippen molar-refractivity contribution in [2.75, 3.05) is 23.7 Å². The van der Waals surface area contributed by atoms with Gasteiger partial charge in [-0.25, -0.2) is 14.4 Å². The molecule has 10 nitrogen and oxygen atoms in total. The number of hydrogen-bond donors (Lipinski definition) is 5. The van der Waals surface area contributed by atoms with Crippen LogP contribution >= 0.6 is 0 Å². The highest BCUT2D eigenvalue weighted by molar-refractivity contribution is 5.91. The summed E-state index contributed by atoms with van der Waals surface area (Å²) >= 11 is 0. The van der Waals surface area contributed by atoms with Crippen molar-refractivity contribution in [2.24, 2.45) is 0 Å². The minimum absolute atomic E-state index is 0.0881. The molecule has 2 aromatic heterocycles. The van der Waals surface area contributed by atoms with Gasteiger partial charge >= 0.3 is 6.18 Å². The zero-order valence-electron chi connectivity index (χ0n) is 21.8. The molecule has 0 radical (unpaired) electrons. The monoisotopic (exact) mass is 572 g/mol. The SMILES string of the molecule is N=C/C(=C\NC1CCNCC1)Nc1ncc(-c2ccc(CC(=O)Nc3cc(C4(C(F)(F)F)CC4)on3)c(F)c2)cn1. The topological polar surface area (TPSA) is 141 Å². The molecule has 3 aromatic rings. The number of halogens is 4. The smallest absolute Gasteiger partial charge is 0.386 e. The zero-order valence-corrected chi connectivity index (χ0v) is 21.8. The number of amides is 1. The van der Waals surface area contributed by atoms with Gasteiger partial charge in [0.05, 0.1) is 12.1 Å². The number of carbonyl (C=O) groups excluding carboxylic acids is 1. The van der Waals surface area contributed by atoms with Crippen LogP contribution in [0.3, 0.4) is 0 Å². The number of carbonyl (C=O) groups is 1. The Hall–Kier alpha value is -4.33. The van der Waals surface area contributed by atoms with Crippen LogP contribution in [0.5, 0.6) is 0 Å². The van der Waals surface area contributed by atoms with Crippen LogP contribution in [0.2, 0.25) is 0 Å². The van der Waals surface area contributed by atoms with Crippen molar-refractivity contribution in [3.05, 3.63) is 65.7 Å². The summed E-state index contributed by atoms with van der Waals surface area (Å²) in [5.74, 6) is -1.54. The molecule has 3 heterocycles. The Morgan fingerprint density at radius 2 is 1.85 bits per heavy atom. The predicted octanol–water partition coefficient (Wildman–Crippen LogP) is 4.29. The average Bonchev–Trinajstić information content (AvgIpc) is 3.66. The third-order valence-corrected chi connectivity index (χ3v) is 7.16. The van der Waals surface area contributed by atoms with E-state index >= 15 is 0 Å². The molecule has 1 saturated heterocycles. The fourth-order valence-corrected chi connectivity index (χ4v) is 4.57. The number of benzene rings is 1. The van der Waals surface area contributed by atoms with Gasteiger partial charge in [-0.15, -0.1) is 0 Å². The highest BCUT2D eigenvalue weighted by Gasteiger charge is 2.66. The van der Waals surface area contributed by atoms with E-state index in [9.17, 15) is 22.4 Å². The van der Waals surface area contributed by atoms with Gasteiger partial charge in [-0.3, -0.25) is 4.79 Å². The van der Waals surface area contributed by atoms with Crippen molar-refractivity contribution in [1.82, 2.24) is 25.8 Å². The molecule has 5 rings (SSSR count). The van der Waals surface area contributed by atoms with Crippen LogP contribution in [0.1, 0.15) is 37.0 Å². The molecule has 41 heavy (non-hydrogen) atoms. The van der Waals surface area contributed by atoms with Crippen molar-refractivity contribution in [1.29, 1.82) is 5.41 Å².